The Morgan fingerprint density at radius 3 is 2.78 bits per heavy atom. The second-order valence-corrected chi connectivity index (χ2v) is 5.03. The SMILES string of the molecule is CC(=O)N=C1SCCN1CC(=O)[14c]1[14cH][14cH][14cH][14cH][14cH]1. The minimum atomic E-state index is -0.225. The molecule has 1 saturated heterocycles. The number of thioether (sulfide) groups is 1. The third-order valence-corrected chi connectivity index (χ3v) is 3.54. The molecule has 5 heteroatoms. The fourth-order valence-electron chi connectivity index (χ4n) is 1.71. The first-order valence-corrected chi connectivity index (χ1v) is 6.70. The Morgan fingerprint density at radius 2 is 2.11 bits per heavy atom. The largest absolute Gasteiger partial charge is 0.343 e. The molecule has 1 amide bonds. The highest BCUT2D eigenvalue weighted by Crippen LogP contribution is 2.18. The van der Waals surface area contributed by atoms with Gasteiger partial charge in [-0.05, 0) is 0 Å². The number of benzene rings is 1. The highest BCUT2D eigenvalue weighted by molar-refractivity contribution is 8.14. The molecule has 1 aromatic carbocycles. The third kappa shape index (κ3) is 3.20. The maximum Gasteiger partial charge on any atom is 0.244 e. The summed E-state index contributed by atoms with van der Waals surface area (Å²) in [4.78, 5) is 28.8. The van der Waals surface area contributed by atoms with E-state index in [0.717, 1.165) is 12.3 Å². The maximum atomic E-state index is 12.0. The van der Waals surface area contributed by atoms with Gasteiger partial charge in [0.1, 0.15) is 0 Å². The molecule has 0 aliphatic carbocycles. The van der Waals surface area contributed by atoms with Crippen molar-refractivity contribution in [3.05, 3.63) is 35.9 Å². The second kappa shape index (κ2) is 5.82. The molecule has 0 spiro atoms. The van der Waals surface area contributed by atoms with Crippen molar-refractivity contribution in [2.75, 3.05) is 18.8 Å². The van der Waals surface area contributed by atoms with E-state index in [1.165, 1.54) is 18.7 Å². The van der Waals surface area contributed by atoms with E-state index in [0.29, 0.717) is 10.7 Å². The van der Waals surface area contributed by atoms with E-state index in [1.807, 2.05) is 23.1 Å². The van der Waals surface area contributed by atoms with Crippen LogP contribution < -0.4 is 0 Å². The molecule has 0 N–H and O–H groups in total. The van der Waals surface area contributed by atoms with Crippen LogP contribution in [-0.4, -0.2) is 40.6 Å². The zero-order chi connectivity index (χ0) is 13.0. The number of Topliss-reactive ketones (excluding diaryl/α,β-unsaturated/α-hetero) is 1. The summed E-state index contributed by atoms with van der Waals surface area (Å²) in [5, 5.41) is 0.659. The molecule has 0 bridgehead atoms. The standard InChI is InChI=1S/C13H14N2O2S/c1-10(16)14-13-15(7-8-18-13)9-12(17)11-5-3-2-4-6-11/h2-6H,7-9H2,1H3/i2+2,3+2,4+2,5+2,6+2,11+2. The molecule has 94 valence electrons. The predicted octanol–water partition coefficient (Wildman–Crippen LogP) is 1.82. The van der Waals surface area contributed by atoms with Gasteiger partial charge >= 0.3 is 0 Å². The van der Waals surface area contributed by atoms with Gasteiger partial charge in [0.2, 0.25) is 5.91 Å². The number of nitrogens with zero attached hydrogens (tertiary/aromatic N) is 2. The average Bonchev–Trinajstić information content (AvgIpc) is 2.77. The smallest absolute Gasteiger partial charge is 0.244 e. The lowest BCUT2D eigenvalue weighted by Gasteiger charge is -2.16. The van der Waals surface area contributed by atoms with Gasteiger partial charge in [0.15, 0.2) is 11.0 Å². The van der Waals surface area contributed by atoms with Gasteiger partial charge in [-0.3, -0.25) is 9.59 Å². The minimum Gasteiger partial charge on any atom is -0.343 e. The fourth-order valence-corrected chi connectivity index (χ4v) is 2.73. The van der Waals surface area contributed by atoms with Crippen molar-refractivity contribution in [3.63, 3.8) is 0 Å². The Morgan fingerprint density at radius 1 is 1.39 bits per heavy atom. The first-order valence-electron chi connectivity index (χ1n) is 5.72. The van der Waals surface area contributed by atoms with Crippen molar-refractivity contribution in [3.8, 4) is 0 Å². The van der Waals surface area contributed by atoms with Crippen LogP contribution in [0.15, 0.2) is 35.3 Å². The number of ketones is 1. The number of hydrogen-bond donors (Lipinski definition) is 0. The maximum absolute atomic E-state index is 12.0. The van der Waals surface area contributed by atoms with Gasteiger partial charge in [0.05, 0.1) is 6.54 Å². The molecule has 0 atom stereocenters. The van der Waals surface area contributed by atoms with Crippen LogP contribution in [0.4, 0.5) is 0 Å². The molecule has 1 aliphatic heterocycles. The van der Waals surface area contributed by atoms with E-state index in [9.17, 15) is 9.59 Å². The predicted molar refractivity (Wildman–Crippen MR) is 72.9 cm³/mol. The monoisotopic (exact) mass is 274 g/mol. The molecule has 0 unspecified atom stereocenters. The Balaban J connectivity index is 2.05. The fraction of sp³-hybridized carbons (Fsp3) is 0.308. The first-order chi connectivity index (χ1) is 8.66. The number of amidine groups is 1. The minimum absolute atomic E-state index is 0.0503. The zero-order valence-electron chi connectivity index (χ0n) is 10.1. The van der Waals surface area contributed by atoms with E-state index >= 15 is 0 Å². The molecule has 1 aliphatic rings. The van der Waals surface area contributed by atoms with Crippen molar-refractivity contribution in [1.29, 1.82) is 0 Å². The number of aliphatic imine (C=N–C) groups is 1. The third-order valence-electron chi connectivity index (χ3n) is 2.55. The Labute approximate surface area is 110 Å². The topological polar surface area (TPSA) is 49.7 Å². The summed E-state index contributed by atoms with van der Waals surface area (Å²) < 4.78 is 0. The summed E-state index contributed by atoms with van der Waals surface area (Å²) >= 11 is 1.52. The molecule has 0 saturated carbocycles. The number of hydrogen-bond acceptors (Lipinski definition) is 3. The Kier molecular flexibility index (Phi) is 4.15. The quantitative estimate of drug-likeness (QED) is 0.789. The molecule has 18 heavy (non-hydrogen) atoms. The van der Waals surface area contributed by atoms with Crippen molar-refractivity contribution < 1.29 is 9.59 Å². The van der Waals surface area contributed by atoms with Crippen molar-refractivity contribution >= 4 is 28.6 Å². The van der Waals surface area contributed by atoms with Gasteiger partial charge in [-0.25, -0.2) is 0 Å². The van der Waals surface area contributed by atoms with Crippen LogP contribution >= 0.6 is 11.8 Å². The normalized spacial score (nSPS) is 17.2. The first kappa shape index (κ1) is 12.8. The summed E-state index contributed by atoms with van der Waals surface area (Å²) in [6, 6.07) is 9.17. The van der Waals surface area contributed by atoms with Crippen molar-refractivity contribution in [2.24, 2.45) is 4.99 Å². The van der Waals surface area contributed by atoms with Crippen molar-refractivity contribution in [1.82, 2.24) is 4.90 Å². The van der Waals surface area contributed by atoms with Gasteiger partial charge in [0, 0.05) is 24.8 Å². The second-order valence-electron chi connectivity index (χ2n) is 3.97. The number of carbonyl (C=O) groups is 2. The lowest BCUT2D eigenvalue weighted by molar-refractivity contribution is -0.115. The lowest BCUT2D eigenvalue weighted by Crippen LogP contribution is -2.31. The van der Waals surface area contributed by atoms with E-state index in [-0.39, 0.29) is 18.2 Å². The molecule has 4 nitrogen and oxygen atoms in total. The van der Waals surface area contributed by atoms with Crippen LogP contribution in [0.2, 0.25) is 0 Å². The molecule has 0 radical (unpaired) electrons. The summed E-state index contributed by atoms with van der Waals surface area (Å²) in [6.45, 7) is 2.46. The molecule has 1 heterocycles. The number of amides is 1. The van der Waals surface area contributed by atoms with Crippen LogP contribution in [-0.2, 0) is 4.79 Å². The van der Waals surface area contributed by atoms with Gasteiger partial charge < -0.3 is 4.90 Å². The Hall–Kier alpha value is -1.62. The summed E-state index contributed by atoms with van der Waals surface area (Å²) in [6.07, 6.45) is 0. The van der Waals surface area contributed by atoms with Crippen LogP contribution in [0.1, 0.15) is 17.3 Å². The molecular weight excluding hydrogens is 260 g/mol. The summed E-state index contributed by atoms with van der Waals surface area (Å²) in [7, 11) is 0. The van der Waals surface area contributed by atoms with Crippen LogP contribution in [0.3, 0.4) is 0 Å². The average molecular weight is 274 g/mol. The van der Waals surface area contributed by atoms with E-state index in [1.54, 1.807) is 12.1 Å². The van der Waals surface area contributed by atoms with Gasteiger partial charge in [-0.1, -0.05) is 42.1 Å². The van der Waals surface area contributed by atoms with Crippen LogP contribution in [0, 0.1) is 0 Å². The highest BCUT2D eigenvalue weighted by Gasteiger charge is 2.22. The van der Waals surface area contributed by atoms with Gasteiger partial charge in [-0.15, -0.1) is 0 Å². The van der Waals surface area contributed by atoms with E-state index < -0.39 is 0 Å². The zero-order valence-corrected chi connectivity index (χ0v) is 10.9. The summed E-state index contributed by atoms with van der Waals surface area (Å²) in [5.41, 5.74) is 0.691. The Bertz CT molecular complexity index is 485. The summed E-state index contributed by atoms with van der Waals surface area (Å²) in [5.74, 6) is 0.694. The number of rotatable bonds is 3. The van der Waals surface area contributed by atoms with Gasteiger partial charge in [0.25, 0.3) is 0 Å². The van der Waals surface area contributed by atoms with Gasteiger partial charge in [-0.2, -0.15) is 4.99 Å². The molecular formula is C13H14N2O2S. The van der Waals surface area contributed by atoms with E-state index in [4.69, 9.17) is 0 Å². The lowest BCUT2D eigenvalue weighted by atomic mass is 10.5. The number of carbonyl (C=O) groups excluding carboxylic acids is 2. The molecule has 1 fully saturated rings. The van der Waals surface area contributed by atoms with Crippen LogP contribution in [0.5, 0.6) is 0 Å². The van der Waals surface area contributed by atoms with Crippen LogP contribution in [0.25, 0.3) is 0 Å². The molecule has 1 aromatic rings. The van der Waals surface area contributed by atoms with Crippen molar-refractivity contribution in [2.45, 2.75) is 6.92 Å². The molecule has 2 rings (SSSR count). The molecule has 0 aromatic heterocycles. The van der Waals surface area contributed by atoms with E-state index in [2.05, 4.69) is 4.99 Å². The highest BCUT2D eigenvalue weighted by atomic mass is 32.2.